The molecule has 2 aromatic carbocycles. The second-order valence-corrected chi connectivity index (χ2v) is 7.15. The van der Waals surface area contributed by atoms with E-state index in [1.807, 2.05) is 45.0 Å². The zero-order valence-electron chi connectivity index (χ0n) is 16.3. The van der Waals surface area contributed by atoms with Crippen LogP contribution in [0.1, 0.15) is 37.5 Å². The largest absolute Gasteiger partial charge is 0.352 e. The summed E-state index contributed by atoms with van der Waals surface area (Å²) in [6, 6.07) is 13.1. The standard InChI is InChI=1S/C22H27FN2O2/c1-15(2)24-22(27)17(4)25(14-18-8-10-20(23)11-9-18)21(26)13-19-7-5-6-16(3)12-19/h5-12,15,17H,13-14H2,1-4H3,(H,24,27)/t17-/m0/s1. The topological polar surface area (TPSA) is 49.4 Å². The molecule has 2 aromatic rings. The molecule has 1 N–H and O–H groups in total. The Kier molecular flexibility index (Phi) is 7.11. The molecule has 0 saturated heterocycles. The van der Waals surface area contributed by atoms with Crippen LogP contribution in [0.25, 0.3) is 0 Å². The van der Waals surface area contributed by atoms with Gasteiger partial charge in [-0.15, -0.1) is 0 Å². The highest BCUT2D eigenvalue weighted by atomic mass is 19.1. The Hall–Kier alpha value is -2.69. The highest BCUT2D eigenvalue weighted by molar-refractivity contribution is 5.88. The first kappa shape index (κ1) is 20.6. The van der Waals surface area contributed by atoms with Crippen molar-refractivity contribution < 1.29 is 14.0 Å². The number of halogens is 1. The lowest BCUT2D eigenvalue weighted by Gasteiger charge is -2.29. The van der Waals surface area contributed by atoms with Crippen molar-refractivity contribution in [1.29, 1.82) is 0 Å². The van der Waals surface area contributed by atoms with Gasteiger partial charge in [-0.1, -0.05) is 42.0 Å². The Bertz CT molecular complexity index is 787. The van der Waals surface area contributed by atoms with E-state index in [1.165, 1.54) is 12.1 Å². The first-order chi connectivity index (χ1) is 12.8. The van der Waals surface area contributed by atoms with Crippen molar-refractivity contribution in [2.24, 2.45) is 0 Å². The fourth-order valence-corrected chi connectivity index (χ4v) is 2.87. The van der Waals surface area contributed by atoms with Crippen molar-refractivity contribution in [2.45, 2.75) is 52.7 Å². The monoisotopic (exact) mass is 370 g/mol. The maximum absolute atomic E-state index is 13.2. The molecule has 2 rings (SSSR count). The van der Waals surface area contributed by atoms with E-state index in [0.717, 1.165) is 16.7 Å². The number of amides is 2. The van der Waals surface area contributed by atoms with Crippen LogP contribution in [0.2, 0.25) is 0 Å². The van der Waals surface area contributed by atoms with Crippen LogP contribution in [0.5, 0.6) is 0 Å². The Labute approximate surface area is 160 Å². The molecule has 0 spiro atoms. The molecule has 0 radical (unpaired) electrons. The summed E-state index contributed by atoms with van der Waals surface area (Å²) in [7, 11) is 0. The van der Waals surface area contributed by atoms with Crippen molar-refractivity contribution in [2.75, 3.05) is 0 Å². The SMILES string of the molecule is Cc1cccc(CC(=O)N(Cc2ccc(F)cc2)[C@@H](C)C(=O)NC(C)C)c1. The highest BCUT2D eigenvalue weighted by Crippen LogP contribution is 2.14. The summed E-state index contributed by atoms with van der Waals surface area (Å²) in [6.07, 6.45) is 0.210. The molecule has 2 amide bonds. The van der Waals surface area contributed by atoms with Gasteiger partial charge < -0.3 is 10.2 Å². The predicted molar refractivity (Wildman–Crippen MR) is 105 cm³/mol. The Balaban J connectivity index is 2.22. The quantitative estimate of drug-likeness (QED) is 0.809. The molecule has 0 aliphatic heterocycles. The predicted octanol–water partition coefficient (Wildman–Crippen LogP) is 3.62. The second kappa shape index (κ2) is 9.31. The van der Waals surface area contributed by atoms with E-state index in [4.69, 9.17) is 0 Å². The fourth-order valence-electron chi connectivity index (χ4n) is 2.87. The zero-order chi connectivity index (χ0) is 20.0. The van der Waals surface area contributed by atoms with Gasteiger partial charge in [-0.3, -0.25) is 9.59 Å². The van der Waals surface area contributed by atoms with E-state index in [-0.39, 0.29) is 36.6 Å². The third-order valence-corrected chi connectivity index (χ3v) is 4.30. The van der Waals surface area contributed by atoms with Crippen LogP contribution in [0.3, 0.4) is 0 Å². The number of nitrogens with zero attached hydrogens (tertiary/aromatic N) is 1. The van der Waals surface area contributed by atoms with Crippen LogP contribution >= 0.6 is 0 Å². The maximum Gasteiger partial charge on any atom is 0.242 e. The smallest absolute Gasteiger partial charge is 0.242 e. The molecular weight excluding hydrogens is 343 g/mol. The van der Waals surface area contributed by atoms with E-state index in [1.54, 1.807) is 24.0 Å². The number of aryl methyl sites for hydroxylation is 1. The third-order valence-electron chi connectivity index (χ3n) is 4.30. The van der Waals surface area contributed by atoms with Crippen LogP contribution in [-0.2, 0) is 22.6 Å². The first-order valence-electron chi connectivity index (χ1n) is 9.16. The Morgan fingerprint density at radius 2 is 1.70 bits per heavy atom. The fraction of sp³-hybridized carbons (Fsp3) is 0.364. The summed E-state index contributed by atoms with van der Waals surface area (Å²) in [5.41, 5.74) is 2.76. The van der Waals surface area contributed by atoms with E-state index in [9.17, 15) is 14.0 Å². The van der Waals surface area contributed by atoms with Crippen molar-refractivity contribution >= 4 is 11.8 Å². The molecule has 0 aliphatic rings. The van der Waals surface area contributed by atoms with Gasteiger partial charge in [0.05, 0.1) is 6.42 Å². The number of carbonyl (C=O) groups excluding carboxylic acids is 2. The first-order valence-corrected chi connectivity index (χ1v) is 9.16. The number of nitrogens with one attached hydrogen (secondary N) is 1. The Morgan fingerprint density at radius 3 is 2.30 bits per heavy atom. The minimum absolute atomic E-state index is 0.0144. The molecule has 0 saturated carbocycles. The van der Waals surface area contributed by atoms with Gasteiger partial charge in [-0.25, -0.2) is 4.39 Å². The average Bonchev–Trinajstić information content (AvgIpc) is 2.60. The summed E-state index contributed by atoms with van der Waals surface area (Å²) in [4.78, 5) is 27.0. The van der Waals surface area contributed by atoms with Crippen molar-refractivity contribution in [3.63, 3.8) is 0 Å². The third kappa shape index (κ3) is 6.20. The van der Waals surface area contributed by atoms with Crippen LogP contribution in [-0.4, -0.2) is 28.8 Å². The summed E-state index contributed by atoms with van der Waals surface area (Å²) < 4.78 is 13.2. The molecule has 0 fully saturated rings. The van der Waals surface area contributed by atoms with Crippen molar-refractivity contribution in [3.8, 4) is 0 Å². The molecule has 5 heteroatoms. The molecule has 27 heavy (non-hydrogen) atoms. The molecule has 0 aliphatic carbocycles. The molecule has 0 unspecified atom stereocenters. The maximum atomic E-state index is 13.2. The molecule has 1 atom stereocenters. The molecule has 0 aromatic heterocycles. The molecule has 0 heterocycles. The van der Waals surface area contributed by atoms with Crippen LogP contribution in [0, 0.1) is 12.7 Å². The number of benzene rings is 2. The van der Waals surface area contributed by atoms with E-state index in [0.29, 0.717) is 0 Å². The number of hydrogen-bond donors (Lipinski definition) is 1. The van der Waals surface area contributed by atoms with Crippen LogP contribution in [0.15, 0.2) is 48.5 Å². The average molecular weight is 370 g/mol. The lowest BCUT2D eigenvalue weighted by Crippen LogP contribution is -2.49. The van der Waals surface area contributed by atoms with Crippen LogP contribution < -0.4 is 5.32 Å². The van der Waals surface area contributed by atoms with E-state index < -0.39 is 6.04 Å². The number of rotatable bonds is 7. The molecule has 0 bridgehead atoms. The minimum atomic E-state index is -0.630. The normalized spacial score (nSPS) is 11.9. The van der Waals surface area contributed by atoms with Crippen LogP contribution in [0.4, 0.5) is 4.39 Å². The highest BCUT2D eigenvalue weighted by Gasteiger charge is 2.26. The number of hydrogen-bond acceptors (Lipinski definition) is 2. The Morgan fingerprint density at radius 1 is 1.04 bits per heavy atom. The lowest BCUT2D eigenvalue weighted by molar-refractivity contribution is -0.140. The summed E-state index contributed by atoms with van der Waals surface area (Å²) >= 11 is 0. The summed E-state index contributed by atoms with van der Waals surface area (Å²) in [5.74, 6) is -0.678. The summed E-state index contributed by atoms with van der Waals surface area (Å²) in [6.45, 7) is 7.70. The van der Waals surface area contributed by atoms with Crippen molar-refractivity contribution in [3.05, 3.63) is 71.0 Å². The van der Waals surface area contributed by atoms with Crippen molar-refractivity contribution in [1.82, 2.24) is 10.2 Å². The second-order valence-electron chi connectivity index (χ2n) is 7.15. The van der Waals surface area contributed by atoms with Gasteiger partial charge in [0.15, 0.2) is 0 Å². The minimum Gasteiger partial charge on any atom is -0.352 e. The van der Waals surface area contributed by atoms with Gasteiger partial charge in [0.2, 0.25) is 11.8 Å². The molecule has 144 valence electrons. The van der Waals surface area contributed by atoms with Gasteiger partial charge >= 0.3 is 0 Å². The van der Waals surface area contributed by atoms with Gasteiger partial charge in [-0.05, 0) is 51.0 Å². The molecular formula is C22H27FN2O2. The van der Waals surface area contributed by atoms with Gasteiger partial charge in [0.25, 0.3) is 0 Å². The van der Waals surface area contributed by atoms with Gasteiger partial charge in [0, 0.05) is 12.6 Å². The number of carbonyl (C=O) groups is 2. The lowest BCUT2D eigenvalue weighted by atomic mass is 10.1. The summed E-state index contributed by atoms with van der Waals surface area (Å²) in [5, 5.41) is 2.85. The van der Waals surface area contributed by atoms with Gasteiger partial charge in [-0.2, -0.15) is 0 Å². The molecule has 4 nitrogen and oxygen atoms in total. The van der Waals surface area contributed by atoms with Gasteiger partial charge in [0.1, 0.15) is 11.9 Å². The zero-order valence-corrected chi connectivity index (χ0v) is 16.3. The van der Waals surface area contributed by atoms with E-state index >= 15 is 0 Å². The van der Waals surface area contributed by atoms with E-state index in [2.05, 4.69) is 5.32 Å².